The third-order valence-electron chi connectivity index (χ3n) is 1.83. The first-order valence-electron chi connectivity index (χ1n) is 4.25. The van der Waals surface area contributed by atoms with Gasteiger partial charge in [0.05, 0.1) is 12.1 Å². The molecule has 0 fully saturated rings. The van der Waals surface area contributed by atoms with Crippen molar-refractivity contribution in [3.05, 3.63) is 17.5 Å². The number of aliphatic carboxylic acids is 1. The Labute approximate surface area is 77.2 Å². The van der Waals surface area contributed by atoms with Crippen LogP contribution in [-0.4, -0.2) is 20.9 Å². The van der Waals surface area contributed by atoms with Crippen LogP contribution < -0.4 is 0 Å². The first kappa shape index (κ1) is 9.77. The van der Waals surface area contributed by atoms with E-state index in [1.54, 1.807) is 17.9 Å². The van der Waals surface area contributed by atoms with Crippen LogP contribution in [0.4, 0.5) is 0 Å². The number of rotatable bonds is 3. The molecule has 1 rings (SSSR count). The second kappa shape index (κ2) is 3.60. The van der Waals surface area contributed by atoms with Gasteiger partial charge in [0.2, 0.25) is 0 Å². The zero-order valence-corrected chi connectivity index (χ0v) is 8.11. The van der Waals surface area contributed by atoms with Gasteiger partial charge < -0.3 is 5.11 Å². The summed E-state index contributed by atoms with van der Waals surface area (Å²) in [7, 11) is 1.80. The number of carboxylic acids is 1. The summed E-state index contributed by atoms with van der Waals surface area (Å²) in [5.41, 5.74) is 1.69. The second-order valence-electron chi connectivity index (χ2n) is 3.44. The summed E-state index contributed by atoms with van der Waals surface area (Å²) in [6.07, 6.45) is 1.82. The van der Waals surface area contributed by atoms with Gasteiger partial charge in [-0.2, -0.15) is 5.10 Å². The van der Waals surface area contributed by atoms with Crippen LogP contribution in [0.1, 0.15) is 31.0 Å². The molecule has 0 atom stereocenters. The summed E-state index contributed by atoms with van der Waals surface area (Å²) in [6.45, 7) is 4.02. The maximum atomic E-state index is 10.5. The molecule has 0 spiro atoms. The number of aryl methyl sites for hydroxylation is 1. The maximum absolute atomic E-state index is 10.5. The van der Waals surface area contributed by atoms with Gasteiger partial charge in [-0.25, -0.2) is 0 Å². The third kappa shape index (κ3) is 2.31. The van der Waals surface area contributed by atoms with Crippen LogP contribution in [0.3, 0.4) is 0 Å². The summed E-state index contributed by atoms with van der Waals surface area (Å²) in [4.78, 5) is 10.5. The molecule has 0 unspecified atom stereocenters. The van der Waals surface area contributed by atoms with Crippen LogP contribution in [0, 0.1) is 0 Å². The van der Waals surface area contributed by atoms with Crippen molar-refractivity contribution in [2.75, 3.05) is 0 Å². The number of carbonyl (C=O) groups is 1. The maximum Gasteiger partial charge on any atom is 0.307 e. The minimum Gasteiger partial charge on any atom is -0.481 e. The van der Waals surface area contributed by atoms with E-state index < -0.39 is 5.97 Å². The van der Waals surface area contributed by atoms with Crippen LogP contribution >= 0.6 is 0 Å². The number of aromatic nitrogens is 2. The predicted octanol–water partition coefficient (Wildman–Crippen LogP) is 1.17. The fraction of sp³-hybridized carbons (Fsp3) is 0.556. The third-order valence-corrected chi connectivity index (χ3v) is 1.83. The molecule has 1 aromatic heterocycles. The topological polar surface area (TPSA) is 55.1 Å². The Hall–Kier alpha value is -1.32. The van der Waals surface area contributed by atoms with E-state index in [2.05, 4.69) is 5.10 Å². The predicted molar refractivity (Wildman–Crippen MR) is 48.6 cm³/mol. The SMILES string of the molecule is CC(C)c1nn(C)cc1CC(=O)O. The molecule has 0 aliphatic rings. The molecule has 0 amide bonds. The molecule has 1 N–H and O–H groups in total. The van der Waals surface area contributed by atoms with E-state index in [1.165, 1.54) is 0 Å². The van der Waals surface area contributed by atoms with Gasteiger partial charge in [0.1, 0.15) is 0 Å². The number of hydrogen-bond acceptors (Lipinski definition) is 2. The number of carboxylic acid groups (broad SMARTS) is 1. The largest absolute Gasteiger partial charge is 0.481 e. The van der Waals surface area contributed by atoms with Crippen LogP contribution in [0.25, 0.3) is 0 Å². The van der Waals surface area contributed by atoms with Gasteiger partial charge >= 0.3 is 5.97 Å². The van der Waals surface area contributed by atoms with Gasteiger partial charge in [0.15, 0.2) is 0 Å². The second-order valence-corrected chi connectivity index (χ2v) is 3.44. The molecule has 4 nitrogen and oxygen atoms in total. The lowest BCUT2D eigenvalue weighted by molar-refractivity contribution is -0.136. The van der Waals surface area contributed by atoms with E-state index in [-0.39, 0.29) is 12.3 Å². The lowest BCUT2D eigenvalue weighted by Gasteiger charge is -2.01. The number of hydrogen-bond donors (Lipinski definition) is 1. The zero-order chi connectivity index (χ0) is 10.0. The highest BCUT2D eigenvalue weighted by Gasteiger charge is 2.13. The minimum absolute atomic E-state index is 0.0569. The van der Waals surface area contributed by atoms with Crippen molar-refractivity contribution >= 4 is 5.97 Å². The van der Waals surface area contributed by atoms with E-state index >= 15 is 0 Å². The van der Waals surface area contributed by atoms with E-state index in [4.69, 9.17) is 5.11 Å². The van der Waals surface area contributed by atoms with Crippen molar-refractivity contribution < 1.29 is 9.90 Å². The molecule has 4 heteroatoms. The van der Waals surface area contributed by atoms with Gasteiger partial charge in [0, 0.05) is 18.8 Å². The average molecular weight is 182 g/mol. The molecule has 13 heavy (non-hydrogen) atoms. The van der Waals surface area contributed by atoms with Crippen molar-refractivity contribution in [3.8, 4) is 0 Å². The standard InChI is InChI=1S/C9H14N2O2/c1-6(2)9-7(4-8(12)13)5-11(3)10-9/h5-6H,4H2,1-3H3,(H,12,13). The molecular formula is C9H14N2O2. The van der Waals surface area contributed by atoms with E-state index in [9.17, 15) is 4.79 Å². The Bertz CT molecular complexity index is 315. The van der Waals surface area contributed by atoms with Crippen molar-refractivity contribution in [2.24, 2.45) is 7.05 Å². The van der Waals surface area contributed by atoms with Gasteiger partial charge in [-0.05, 0) is 5.92 Å². The molecule has 0 aliphatic carbocycles. The van der Waals surface area contributed by atoms with Gasteiger partial charge in [-0.15, -0.1) is 0 Å². The first-order valence-corrected chi connectivity index (χ1v) is 4.25. The van der Waals surface area contributed by atoms with Gasteiger partial charge in [-0.3, -0.25) is 9.48 Å². The summed E-state index contributed by atoms with van der Waals surface area (Å²) in [6, 6.07) is 0. The average Bonchev–Trinajstić information content (AvgIpc) is 2.29. The summed E-state index contributed by atoms with van der Waals surface area (Å²) in [5, 5.41) is 12.9. The molecule has 1 aromatic rings. The lowest BCUT2D eigenvalue weighted by atomic mass is 10.0. The highest BCUT2D eigenvalue weighted by molar-refractivity contribution is 5.70. The summed E-state index contributed by atoms with van der Waals surface area (Å²) < 4.78 is 1.66. The normalized spacial score (nSPS) is 10.8. The smallest absolute Gasteiger partial charge is 0.307 e. The highest BCUT2D eigenvalue weighted by Crippen LogP contribution is 2.17. The Kier molecular flexibility index (Phi) is 2.70. The van der Waals surface area contributed by atoms with E-state index in [0.717, 1.165) is 11.3 Å². The Balaban J connectivity index is 2.97. The molecule has 0 radical (unpaired) electrons. The fourth-order valence-corrected chi connectivity index (χ4v) is 1.34. The van der Waals surface area contributed by atoms with Crippen molar-refractivity contribution in [1.82, 2.24) is 9.78 Å². The minimum atomic E-state index is -0.810. The van der Waals surface area contributed by atoms with Crippen LogP contribution in [0.15, 0.2) is 6.20 Å². The van der Waals surface area contributed by atoms with Crippen LogP contribution in [0.2, 0.25) is 0 Å². The molecule has 1 heterocycles. The van der Waals surface area contributed by atoms with Crippen LogP contribution in [-0.2, 0) is 18.3 Å². The highest BCUT2D eigenvalue weighted by atomic mass is 16.4. The molecule has 72 valence electrons. The summed E-state index contributed by atoms with van der Waals surface area (Å²) >= 11 is 0. The zero-order valence-electron chi connectivity index (χ0n) is 8.11. The molecule has 0 saturated carbocycles. The van der Waals surface area contributed by atoms with E-state index in [1.807, 2.05) is 13.8 Å². The van der Waals surface area contributed by atoms with Crippen molar-refractivity contribution in [3.63, 3.8) is 0 Å². The molecule has 0 bridgehead atoms. The van der Waals surface area contributed by atoms with Crippen molar-refractivity contribution in [1.29, 1.82) is 0 Å². The Morgan fingerprint density at radius 1 is 1.69 bits per heavy atom. The molecular weight excluding hydrogens is 168 g/mol. The lowest BCUT2D eigenvalue weighted by Crippen LogP contribution is -2.02. The van der Waals surface area contributed by atoms with Gasteiger partial charge in [0.25, 0.3) is 0 Å². The molecule has 0 saturated heterocycles. The summed E-state index contributed by atoms with van der Waals surface area (Å²) in [5.74, 6) is -0.537. The molecule has 0 aliphatic heterocycles. The monoisotopic (exact) mass is 182 g/mol. The van der Waals surface area contributed by atoms with Crippen molar-refractivity contribution in [2.45, 2.75) is 26.2 Å². The fourth-order valence-electron chi connectivity index (χ4n) is 1.34. The first-order chi connectivity index (χ1) is 6.00. The quantitative estimate of drug-likeness (QED) is 0.763. The van der Waals surface area contributed by atoms with E-state index in [0.29, 0.717) is 0 Å². The van der Waals surface area contributed by atoms with Gasteiger partial charge in [-0.1, -0.05) is 13.8 Å². The van der Waals surface area contributed by atoms with Crippen LogP contribution in [0.5, 0.6) is 0 Å². The Morgan fingerprint density at radius 2 is 2.31 bits per heavy atom. The number of nitrogens with zero attached hydrogens (tertiary/aromatic N) is 2. The molecule has 0 aromatic carbocycles. The Morgan fingerprint density at radius 3 is 2.77 bits per heavy atom.